The van der Waals surface area contributed by atoms with E-state index in [0.29, 0.717) is 23.1 Å². The lowest BCUT2D eigenvalue weighted by Crippen LogP contribution is -2.16. The molecule has 6 heteroatoms. The Labute approximate surface area is 136 Å². The molecule has 0 aliphatic heterocycles. The van der Waals surface area contributed by atoms with Gasteiger partial charge < -0.3 is 19.4 Å². The normalized spacial score (nSPS) is 10.7. The smallest absolute Gasteiger partial charge is 0.179 e. The maximum atomic E-state index is 6.26. The topological polar surface area (TPSA) is 48.3 Å². The Morgan fingerprint density at radius 2 is 2.23 bits per heavy atom. The molecule has 120 valence electrons. The molecule has 5 nitrogen and oxygen atoms in total. The van der Waals surface area contributed by atoms with Crippen LogP contribution in [0.15, 0.2) is 30.9 Å². The number of hydrogen-bond donors (Lipinski definition) is 1. The first-order valence-corrected chi connectivity index (χ1v) is 7.78. The average Bonchev–Trinajstić information content (AvgIpc) is 3.02. The van der Waals surface area contributed by atoms with Crippen LogP contribution in [0.2, 0.25) is 5.02 Å². The van der Waals surface area contributed by atoms with E-state index in [1.165, 1.54) is 0 Å². The van der Waals surface area contributed by atoms with Gasteiger partial charge >= 0.3 is 0 Å². The molecule has 1 N–H and O–H groups in total. The second kappa shape index (κ2) is 8.66. The Hall–Kier alpha value is -1.72. The fraction of sp³-hybridized carbons (Fsp3) is 0.438. The molecule has 0 bridgehead atoms. The number of aryl methyl sites for hydroxylation is 1. The van der Waals surface area contributed by atoms with Gasteiger partial charge in [-0.05, 0) is 37.6 Å². The molecule has 1 aromatic heterocycles. The molecule has 2 rings (SSSR count). The number of methoxy groups -OCH3 is 1. The van der Waals surface area contributed by atoms with Gasteiger partial charge in [-0.3, -0.25) is 0 Å². The van der Waals surface area contributed by atoms with Crippen molar-refractivity contribution in [2.24, 2.45) is 0 Å². The van der Waals surface area contributed by atoms with Gasteiger partial charge in [0, 0.05) is 25.5 Å². The Bertz CT molecular complexity index is 573. The molecule has 22 heavy (non-hydrogen) atoms. The van der Waals surface area contributed by atoms with Gasteiger partial charge in [-0.25, -0.2) is 4.98 Å². The number of halogens is 1. The summed E-state index contributed by atoms with van der Waals surface area (Å²) in [5.74, 6) is 1.28. The van der Waals surface area contributed by atoms with Gasteiger partial charge in [-0.2, -0.15) is 0 Å². The molecule has 2 aromatic rings. The molecule has 1 aromatic carbocycles. The second-order valence-electron chi connectivity index (χ2n) is 4.87. The molecule has 0 atom stereocenters. The summed E-state index contributed by atoms with van der Waals surface area (Å²) >= 11 is 6.26. The Morgan fingerprint density at radius 3 is 2.91 bits per heavy atom. The van der Waals surface area contributed by atoms with Crippen molar-refractivity contribution in [3.8, 4) is 11.5 Å². The van der Waals surface area contributed by atoms with Crippen LogP contribution in [0, 0.1) is 0 Å². The zero-order valence-corrected chi connectivity index (χ0v) is 13.8. The van der Waals surface area contributed by atoms with Crippen LogP contribution in [-0.4, -0.2) is 29.8 Å². The van der Waals surface area contributed by atoms with Crippen molar-refractivity contribution in [3.63, 3.8) is 0 Å². The van der Waals surface area contributed by atoms with Crippen molar-refractivity contribution in [2.45, 2.75) is 26.4 Å². The third-order valence-electron chi connectivity index (χ3n) is 3.24. The van der Waals surface area contributed by atoms with Crippen molar-refractivity contribution < 1.29 is 9.47 Å². The summed E-state index contributed by atoms with van der Waals surface area (Å²) < 4.78 is 12.9. The van der Waals surface area contributed by atoms with E-state index in [1.807, 2.05) is 31.6 Å². The summed E-state index contributed by atoms with van der Waals surface area (Å²) in [7, 11) is 1.62. The highest BCUT2D eigenvalue weighted by Gasteiger charge is 2.11. The van der Waals surface area contributed by atoms with E-state index in [9.17, 15) is 0 Å². The lowest BCUT2D eigenvalue weighted by Gasteiger charge is -2.13. The molecule has 0 unspecified atom stereocenters. The van der Waals surface area contributed by atoms with Gasteiger partial charge in [0.05, 0.1) is 25.1 Å². The minimum Gasteiger partial charge on any atom is -0.493 e. The van der Waals surface area contributed by atoms with Crippen LogP contribution in [0.3, 0.4) is 0 Å². The molecular formula is C16H22ClN3O2. The number of nitrogens with zero attached hydrogens (tertiary/aromatic N) is 2. The molecule has 0 saturated carbocycles. The number of benzene rings is 1. The van der Waals surface area contributed by atoms with Gasteiger partial charge in [-0.1, -0.05) is 11.6 Å². The molecule has 0 fully saturated rings. The van der Waals surface area contributed by atoms with Crippen LogP contribution in [0.25, 0.3) is 0 Å². The van der Waals surface area contributed by atoms with E-state index < -0.39 is 0 Å². The number of aromatic nitrogens is 2. The molecule has 0 aliphatic carbocycles. The molecule has 0 aliphatic rings. The highest BCUT2D eigenvalue weighted by atomic mass is 35.5. The summed E-state index contributed by atoms with van der Waals surface area (Å²) in [6, 6.07) is 3.87. The first kappa shape index (κ1) is 16.6. The SMILES string of the molecule is CCOc1c(Cl)cc(CNCCCn2ccnc2)cc1OC. The summed E-state index contributed by atoms with van der Waals surface area (Å²) in [4.78, 5) is 4.02. The van der Waals surface area contributed by atoms with Crippen molar-refractivity contribution in [1.82, 2.24) is 14.9 Å². The predicted molar refractivity (Wildman–Crippen MR) is 87.7 cm³/mol. The van der Waals surface area contributed by atoms with Gasteiger partial charge in [-0.15, -0.1) is 0 Å². The van der Waals surface area contributed by atoms with Gasteiger partial charge in [0.15, 0.2) is 11.5 Å². The largest absolute Gasteiger partial charge is 0.493 e. The molecular weight excluding hydrogens is 302 g/mol. The van der Waals surface area contributed by atoms with Crippen LogP contribution >= 0.6 is 11.6 Å². The lowest BCUT2D eigenvalue weighted by molar-refractivity contribution is 0.311. The van der Waals surface area contributed by atoms with E-state index in [0.717, 1.165) is 31.6 Å². The standard InChI is InChI=1S/C16H22ClN3O2/c1-3-22-16-14(17)9-13(10-15(16)21-2)11-18-5-4-7-20-8-6-19-12-20/h6,8-10,12,18H,3-5,7,11H2,1-2H3. The van der Waals surface area contributed by atoms with E-state index in [-0.39, 0.29) is 0 Å². The molecule has 0 amide bonds. The summed E-state index contributed by atoms with van der Waals surface area (Å²) in [5, 5.41) is 3.99. The fourth-order valence-corrected chi connectivity index (χ4v) is 2.49. The van der Waals surface area contributed by atoms with Crippen molar-refractivity contribution in [3.05, 3.63) is 41.4 Å². The first-order chi connectivity index (χ1) is 10.7. The number of rotatable bonds is 9. The van der Waals surface area contributed by atoms with Crippen molar-refractivity contribution in [2.75, 3.05) is 20.3 Å². The van der Waals surface area contributed by atoms with Gasteiger partial charge in [0.2, 0.25) is 0 Å². The summed E-state index contributed by atoms with van der Waals surface area (Å²) in [6.07, 6.45) is 6.63. The van der Waals surface area contributed by atoms with Gasteiger partial charge in [0.25, 0.3) is 0 Å². The monoisotopic (exact) mass is 323 g/mol. The maximum absolute atomic E-state index is 6.26. The minimum atomic E-state index is 0.557. The maximum Gasteiger partial charge on any atom is 0.179 e. The zero-order valence-electron chi connectivity index (χ0n) is 13.0. The van der Waals surface area contributed by atoms with Crippen molar-refractivity contribution >= 4 is 11.6 Å². The quantitative estimate of drug-likeness (QED) is 0.720. The lowest BCUT2D eigenvalue weighted by atomic mass is 10.2. The number of hydrogen-bond acceptors (Lipinski definition) is 4. The summed E-state index contributed by atoms with van der Waals surface area (Å²) in [5.41, 5.74) is 1.08. The van der Waals surface area contributed by atoms with E-state index in [1.54, 1.807) is 13.3 Å². The highest BCUT2D eigenvalue weighted by molar-refractivity contribution is 6.32. The predicted octanol–water partition coefficient (Wildman–Crippen LogP) is 3.12. The Morgan fingerprint density at radius 1 is 1.36 bits per heavy atom. The fourth-order valence-electron chi connectivity index (χ4n) is 2.20. The van der Waals surface area contributed by atoms with Crippen LogP contribution in [-0.2, 0) is 13.1 Å². The Balaban J connectivity index is 1.83. The van der Waals surface area contributed by atoms with Crippen LogP contribution in [0.5, 0.6) is 11.5 Å². The second-order valence-corrected chi connectivity index (χ2v) is 5.28. The average molecular weight is 324 g/mol. The first-order valence-electron chi connectivity index (χ1n) is 7.40. The summed E-state index contributed by atoms with van der Waals surface area (Å²) in [6.45, 7) is 5.10. The molecule has 0 saturated heterocycles. The van der Waals surface area contributed by atoms with Crippen LogP contribution in [0.1, 0.15) is 18.9 Å². The number of imidazole rings is 1. The van der Waals surface area contributed by atoms with E-state index in [2.05, 4.69) is 14.9 Å². The minimum absolute atomic E-state index is 0.557. The van der Waals surface area contributed by atoms with Crippen LogP contribution < -0.4 is 14.8 Å². The third kappa shape index (κ3) is 4.64. The number of ether oxygens (including phenoxy) is 2. The number of nitrogens with one attached hydrogen (secondary N) is 1. The van der Waals surface area contributed by atoms with Crippen LogP contribution in [0.4, 0.5) is 0 Å². The molecule has 0 spiro atoms. The van der Waals surface area contributed by atoms with E-state index in [4.69, 9.17) is 21.1 Å². The van der Waals surface area contributed by atoms with Crippen molar-refractivity contribution in [1.29, 1.82) is 0 Å². The molecule has 0 radical (unpaired) electrons. The zero-order chi connectivity index (χ0) is 15.8. The molecule has 1 heterocycles. The van der Waals surface area contributed by atoms with Gasteiger partial charge in [0.1, 0.15) is 0 Å². The van der Waals surface area contributed by atoms with E-state index >= 15 is 0 Å². The third-order valence-corrected chi connectivity index (χ3v) is 3.52. The Kier molecular flexibility index (Phi) is 6.55. The highest BCUT2D eigenvalue weighted by Crippen LogP contribution is 2.36.